The number of thiophene rings is 1. The summed E-state index contributed by atoms with van der Waals surface area (Å²) in [4.78, 5) is 39.9. The fraction of sp³-hybridized carbons (Fsp3) is 0.143. The van der Waals surface area contributed by atoms with Crippen molar-refractivity contribution in [2.75, 3.05) is 0 Å². The maximum Gasteiger partial charge on any atom is 0.345 e. The minimum absolute atomic E-state index is 0.0670. The van der Waals surface area contributed by atoms with Crippen LogP contribution in [0.3, 0.4) is 0 Å². The number of halogens is 2. The highest BCUT2D eigenvalue weighted by molar-refractivity contribution is 7.20. The summed E-state index contributed by atoms with van der Waals surface area (Å²) in [6, 6.07) is 8.09. The molecule has 0 saturated carbocycles. The first-order valence-electron chi connectivity index (χ1n) is 9.22. The lowest BCUT2D eigenvalue weighted by Gasteiger charge is -2.08. The van der Waals surface area contributed by atoms with Gasteiger partial charge in [-0.15, -0.1) is 11.3 Å². The lowest BCUT2D eigenvalue weighted by molar-refractivity contribution is 0.0702. The average molecular weight is 460 g/mol. The second kappa shape index (κ2) is 9.62. The maximum atomic E-state index is 13.3. The molecule has 0 aliphatic carbocycles. The zero-order valence-corrected chi connectivity index (χ0v) is 17.6. The van der Waals surface area contributed by atoms with Crippen LogP contribution in [0.2, 0.25) is 0 Å². The lowest BCUT2D eigenvalue weighted by atomic mass is 10.2. The Morgan fingerprint density at radius 3 is 2.34 bits per heavy atom. The number of hydrogen-bond acceptors (Lipinski definition) is 6. The molecule has 4 rings (SSSR count). The van der Waals surface area contributed by atoms with Crippen molar-refractivity contribution in [1.29, 1.82) is 0 Å². The molecule has 0 bridgehead atoms. The molecule has 0 aliphatic rings. The summed E-state index contributed by atoms with van der Waals surface area (Å²) in [6.45, 7) is 0.347. The maximum absolute atomic E-state index is 13.3. The highest BCUT2D eigenvalue weighted by Crippen LogP contribution is 2.21. The van der Waals surface area contributed by atoms with Crippen molar-refractivity contribution in [1.82, 2.24) is 14.1 Å². The molecule has 0 amide bonds. The summed E-state index contributed by atoms with van der Waals surface area (Å²) in [5.74, 6) is -3.31. The largest absolute Gasteiger partial charge is 0.477 e. The van der Waals surface area contributed by atoms with Gasteiger partial charge in [0, 0.05) is 26.0 Å². The minimum Gasteiger partial charge on any atom is -0.477 e. The quantitative estimate of drug-likeness (QED) is 0.482. The van der Waals surface area contributed by atoms with Crippen LogP contribution < -0.4 is 17.0 Å². The molecule has 0 unspecified atom stereocenters. The number of nitrogens with two attached hydrogens (primary N) is 1. The van der Waals surface area contributed by atoms with E-state index < -0.39 is 28.9 Å². The number of aromatic carboxylic acids is 1. The van der Waals surface area contributed by atoms with Gasteiger partial charge in [-0.2, -0.15) is 0 Å². The number of fused-ring (bicyclic) bond motifs is 1. The van der Waals surface area contributed by atoms with E-state index in [-0.39, 0.29) is 27.2 Å². The molecule has 1 aromatic carbocycles. The lowest BCUT2D eigenvalue weighted by Crippen LogP contribution is -2.38. The van der Waals surface area contributed by atoms with Crippen LogP contribution in [-0.4, -0.2) is 25.2 Å². The van der Waals surface area contributed by atoms with Gasteiger partial charge in [0.05, 0.1) is 11.9 Å². The number of aryl methyl sites for hydroxylation is 1. The smallest absolute Gasteiger partial charge is 0.345 e. The van der Waals surface area contributed by atoms with Gasteiger partial charge in [-0.25, -0.2) is 18.4 Å². The molecule has 0 aliphatic heterocycles. The van der Waals surface area contributed by atoms with Crippen molar-refractivity contribution >= 4 is 27.5 Å². The van der Waals surface area contributed by atoms with Gasteiger partial charge in [-0.05, 0) is 41.5 Å². The summed E-state index contributed by atoms with van der Waals surface area (Å²) >= 11 is 0.820. The van der Waals surface area contributed by atoms with Crippen molar-refractivity contribution in [2.24, 2.45) is 12.8 Å². The molecule has 166 valence electrons. The van der Waals surface area contributed by atoms with E-state index in [1.54, 1.807) is 12.4 Å². The van der Waals surface area contributed by atoms with Crippen molar-refractivity contribution in [2.45, 2.75) is 13.1 Å². The van der Waals surface area contributed by atoms with E-state index in [9.17, 15) is 23.2 Å². The number of carbonyl (C=O) groups is 1. The van der Waals surface area contributed by atoms with E-state index in [4.69, 9.17) is 10.8 Å². The van der Waals surface area contributed by atoms with E-state index in [2.05, 4.69) is 4.98 Å². The molecule has 3 N–H and O–H groups in total. The van der Waals surface area contributed by atoms with Crippen molar-refractivity contribution in [3.63, 3.8) is 0 Å². The van der Waals surface area contributed by atoms with E-state index in [1.807, 2.05) is 12.1 Å². The molecule has 3 aromatic heterocycles. The fourth-order valence-corrected chi connectivity index (χ4v) is 3.81. The molecule has 11 heteroatoms. The molecule has 0 radical (unpaired) electrons. The van der Waals surface area contributed by atoms with E-state index in [0.717, 1.165) is 38.2 Å². The highest BCUT2D eigenvalue weighted by atomic mass is 32.1. The monoisotopic (exact) mass is 460 g/mol. The predicted octanol–water partition coefficient (Wildman–Crippen LogP) is 2.33. The first-order valence-corrected chi connectivity index (χ1v) is 10.0. The molecule has 0 saturated heterocycles. The summed E-state index contributed by atoms with van der Waals surface area (Å²) in [6.07, 6.45) is 3.48. The number of rotatable bonds is 4. The standard InChI is InChI=1S/C15H10F2N2O4S.C6H8N2/c1-18-13-8(5-11(24-13)14(21)22)12(20)19(15(18)23)6-7-2-3-9(16)10(17)4-7;7-5-6-1-3-8-4-2-6/h2-5H,6H2,1H3,(H,21,22);1-4H,5,7H2. The van der Waals surface area contributed by atoms with Gasteiger partial charge in [0.2, 0.25) is 0 Å². The van der Waals surface area contributed by atoms with Crippen molar-refractivity contribution < 1.29 is 18.7 Å². The van der Waals surface area contributed by atoms with E-state index in [1.165, 1.54) is 19.2 Å². The van der Waals surface area contributed by atoms with Crippen LogP contribution in [-0.2, 0) is 20.1 Å². The zero-order chi connectivity index (χ0) is 23.4. The predicted molar refractivity (Wildman–Crippen MR) is 116 cm³/mol. The van der Waals surface area contributed by atoms with Gasteiger partial charge in [0.15, 0.2) is 11.6 Å². The average Bonchev–Trinajstić information content (AvgIpc) is 3.25. The van der Waals surface area contributed by atoms with Gasteiger partial charge in [0.1, 0.15) is 9.71 Å². The second-order valence-electron chi connectivity index (χ2n) is 6.68. The zero-order valence-electron chi connectivity index (χ0n) is 16.8. The van der Waals surface area contributed by atoms with E-state index >= 15 is 0 Å². The van der Waals surface area contributed by atoms with Gasteiger partial charge in [-0.1, -0.05) is 6.07 Å². The fourth-order valence-electron chi connectivity index (χ4n) is 2.87. The molecule has 0 spiro atoms. The minimum atomic E-state index is -1.20. The summed E-state index contributed by atoms with van der Waals surface area (Å²) in [5, 5.41) is 9.12. The Hall–Kier alpha value is -3.70. The van der Waals surface area contributed by atoms with Crippen LogP contribution in [0.25, 0.3) is 10.2 Å². The number of aromatic nitrogens is 3. The van der Waals surface area contributed by atoms with Crippen LogP contribution >= 0.6 is 11.3 Å². The normalized spacial score (nSPS) is 10.6. The Bertz CT molecular complexity index is 1400. The first-order chi connectivity index (χ1) is 15.2. The highest BCUT2D eigenvalue weighted by Gasteiger charge is 2.17. The van der Waals surface area contributed by atoms with Gasteiger partial charge in [0.25, 0.3) is 5.56 Å². The third kappa shape index (κ3) is 4.79. The molecular weight excluding hydrogens is 442 g/mol. The van der Waals surface area contributed by atoms with Crippen LogP contribution in [0.15, 0.2) is 58.4 Å². The van der Waals surface area contributed by atoms with Gasteiger partial charge < -0.3 is 10.8 Å². The van der Waals surface area contributed by atoms with Crippen LogP contribution in [0.4, 0.5) is 8.78 Å². The molecule has 4 aromatic rings. The Kier molecular flexibility index (Phi) is 6.91. The summed E-state index contributed by atoms with van der Waals surface area (Å²) in [5.41, 5.74) is 5.33. The van der Waals surface area contributed by atoms with Crippen molar-refractivity contribution in [3.8, 4) is 0 Å². The summed E-state index contributed by atoms with van der Waals surface area (Å²) in [7, 11) is 1.41. The third-order valence-corrected chi connectivity index (χ3v) is 5.73. The number of nitrogens with zero attached hydrogens (tertiary/aromatic N) is 3. The number of benzene rings is 1. The van der Waals surface area contributed by atoms with Crippen LogP contribution in [0.1, 0.15) is 20.8 Å². The van der Waals surface area contributed by atoms with Gasteiger partial charge in [-0.3, -0.25) is 18.9 Å². The molecular formula is C21H18F2N4O4S. The first kappa shape index (κ1) is 23.0. The molecule has 8 nitrogen and oxygen atoms in total. The molecule has 32 heavy (non-hydrogen) atoms. The molecule has 0 fully saturated rings. The Morgan fingerprint density at radius 2 is 1.78 bits per heavy atom. The summed E-state index contributed by atoms with van der Waals surface area (Å²) < 4.78 is 28.3. The topological polar surface area (TPSA) is 120 Å². The Morgan fingerprint density at radius 1 is 1.09 bits per heavy atom. The van der Waals surface area contributed by atoms with E-state index in [0.29, 0.717) is 6.54 Å². The number of pyridine rings is 1. The number of carboxylic acid groups (broad SMARTS) is 1. The molecule has 3 heterocycles. The van der Waals surface area contributed by atoms with Crippen LogP contribution in [0, 0.1) is 11.6 Å². The van der Waals surface area contributed by atoms with Crippen molar-refractivity contribution in [3.05, 3.63) is 97.3 Å². The SMILES string of the molecule is Cn1c(=O)n(Cc2ccc(F)c(F)c2)c(=O)c2cc(C(=O)O)sc21.NCc1ccncc1. The third-order valence-electron chi connectivity index (χ3n) is 4.53. The second-order valence-corrected chi connectivity index (χ2v) is 7.71. The Balaban J connectivity index is 0.000000305. The molecule has 0 atom stereocenters. The Labute approximate surface area is 183 Å². The van der Waals surface area contributed by atoms with Gasteiger partial charge >= 0.3 is 11.7 Å². The number of hydrogen-bond donors (Lipinski definition) is 2. The number of carboxylic acids is 1. The van der Waals surface area contributed by atoms with Crippen LogP contribution in [0.5, 0.6) is 0 Å².